The molecule has 3 rings (SSSR count). The molecule has 1 aliphatic rings. The maximum absolute atomic E-state index is 12.2. The van der Waals surface area contributed by atoms with E-state index in [0.717, 1.165) is 6.07 Å². The standard InChI is InChI=1S/C14H8O5.Zn/c15-8-5-9(16)14(19)11-10(8)12(17)6-3-1-2-4-7(6)13(11)18;/h1-5,15-16,19H;. The topological polar surface area (TPSA) is 94.8 Å². The van der Waals surface area contributed by atoms with E-state index in [-0.39, 0.29) is 41.7 Å². The summed E-state index contributed by atoms with van der Waals surface area (Å²) in [7, 11) is 0. The van der Waals surface area contributed by atoms with Gasteiger partial charge in [-0.1, -0.05) is 24.3 Å². The Bertz CT molecular complexity index is 751. The molecular formula is C14H8O5Zn. The molecule has 0 radical (unpaired) electrons. The Hall–Kier alpha value is -2.20. The van der Waals surface area contributed by atoms with E-state index in [1.807, 2.05) is 0 Å². The molecule has 2 aromatic carbocycles. The summed E-state index contributed by atoms with van der Waals surface area (Å²) in [6.07, 6.45) is 0. The van der Waals surface area contributed by atoms with E-state index in [1.165, 1.54) is 12.1 Å². The Balaban J connectivity index is 0.00000147. The Morgan fingerprint density at radius 1 is 0.750 bits per heavy atom. The van der Waals surface area contributed by atoms with Crippen LogP contribution < -0.4 is 0 Å². The van der Waals surface area contributed by atoms with Gasteiger partial charge >= 0.3 is 0 Å². The second-order valence-electron chi connectivity index (χ2n) is 4.22. The van der Waals surface area contributed by atoms with Crippen molar-refractivity contribution in [1.29, 1.82) is 0 Å². The Morgan fingerprint density at radius 3 is 1.80 bits per heavy atom. The molecule has 0 aliphatic heterocycles. The normalized spacial score (nSPS) is 12.4. The van der Waals surface area contributed by atoms with E-state index in [4.69, 9.17) is 0 Å². The number of fused-ring (bicyclic) bond motifs is 2. The van der Waals surface area contributed by atoms with Crippen molar-refractivity contribution in [1.82, 2.24) is 0 Å². The van der Waals surface area contributed by atoms with E-state index in [1.54, 1.807) is 12.1 Å². The van der Waals surface area contributed by atoms with Crippen LogP contribution >= 0.6 is 0 Å². The summed E-state index contributed by atoms with van der Waals surface area (Å²) in [4.78, 5) is 24.5. The van der Waals surface area contributed by atoms with Crippen molar-refractivity contribution in [2.24, 2.45) is 0 Å². The third-order valence-electron chi connectivity index (χ3n) is 3.13. The van der Waals surface area contributed by atoms with Gasteiger partial charge in [-0.2, -0.15) is 0 Å². The van der Waals surface area contributed by atoms with Gasteiger partial charge in [0.05, 0.1) is 11.1 Å². The molecule has 0 saturated carbocycles. The van der Waals surface area contributed by atoms with Crippen LogP contribution in [-0.4, -0.2) is 26.9 Å². The van der Waals surface area contributed by atoms with Crippen LogP contribution in [0.15, 0.2) is 30.3 Å². The van der Waals surface area contributed by atoms with Crippen LogP contribution in [0.5, 0.6) is 17.2 Å². The van der Waals surface area contributed by atoms with Crippen LogP contribution in [0.1, 0.15) is 31.8 Å². The van der Waals surface area contributed by atoms with Crippen LogP contribution in [0.25, 0.3) is 0 Å². The van der Waals surface area contributed by atoms with Gasteiger partial charge in [0, 0.05) is 36.7 Å². The van der Waals surface area contributed by atoms with Gasteiger partial charge < -0.3 is 15.3 Å². The van der Waals surface area contributed by atoms with Crippen LogP contribution in [0, 0.1) is 0 Å². The van der Waals surface area contributed by atoms with Crippen molar-refractivity contribution < 1.29 is 44.4 Å². The number of hydrogen-bond acceptors (Lipinski definition) is 5. The maximum atomic E-state index is 12.2. The largest absolute Gasteiger partial charge is 0.507 e. The monoisotopic (exact) mass is 320 g/mol. The molecule has 0 atom stereocenters. The number of aromatic hydroxyl groups is 3. The molecule has 0 heterocycles. The first-order chi connectivity index (χ1) is 9.02. The molecule has 2 aromatic rings. The first-order valence-corrected chi connectivity index (χ1v) is 5.48. The van der Waals surface area contributed by atoms with Gasteiger partial charge in [-0.25, -0.2) is 0 Å². The van der Waals surface area contributed by atoms with Gasteiger partial charge in [0.15, 0.2) is 23.1 Å². The van der Waals surface area contributed by atoms with Gasteiger partial charge in [-0.3, -0.25) is 9.59 Å². The zero-order valence-electron chi connectivity index (χ0n) is 10.3. The zero-order valence-corrected chi connectivity index (χ0v) is 13.2. The number of benzene rings is 2. The van der Waals surface area contributed by atoms with Crippen molar-refractivity contribution in [2.75, 3.05) is 0 Å². The number of hydrogen-bond donors (Lipinski definition) is 3. The third kappa shape index (κ3) is 1.73. The molecule has 0 spiro atoms. The summed E-state index contributed by atoms with van der Waals surface area (Å²) in [6, 6.07) is 6.97. The van der Waals surface area contributed by atoms with E-state index in [0.29, 0.717) is 0 Å². The summed E-state index contributed by atoms with van der Waals surface area (Å²) in [5, 5.41) is 28.9. The summed E-state index contributed by atoms with van der Waals surface area (Å²) in [5.74, 6) is -3.03. The number of phenolic OH excluding ortho intramolecular Hbond substituents is 3. The van der Waals surface area contributed by atoms with Crippen LogP contribution in [0.3, 0.4) is 0 Å². The molecule has 5 nitrogen and oxygen atoms in total. The third-order valence-corrected chi connectivity index (χ3v) is 3.13. The van der Waals surface area contributed by atoms with Crippen LogP contribution in [-0.2, 0) is 19.5 Å². The molecule has 6 heteroatoms. The number of carbonyl (C=O) groups is 2. The fourth-order valence-electron chi connectivity index (χ4n) is 2.24. The minimum Gasteiger partial charge on any atom is -0.507 e. The van der Waals surface area contributed by atoms with Crippen LogP contribution in [0.2, 0.25) is 0 Å². The average molecular weight is 322 g/mol. The van der Waals surface area contributed by atoms with Crippen LogP contribution in [0.4, 0.5) is 0 Å². The van der Waals surface area contributed by atoms with Gasteiger partial charge in [0.25, 0.3) is 0 Å². The molecule has 20 heavy (non-hydrogen) atoms. The van der Waals surface area contributed by atoms with Crippen molar-refractivity contribution in [2.45, 2.75) is 0 Å². The predicted octanol–water partition coefficient (Wildman–Crippen LogP) is 1.58. The van der Waals surface area contributed by atoms with E-state index in [2.05, 4.69) is 0 Å². The molecular weight excluding hydrogens is 314 g/mol. The van der Waals surface area contributed by atoms with Crippen molar-refractivity contribution in [3.05, 3.63) is 52.6 Å². The fraction of sp³-hybridized carbons (Fsp3) is 0. The van der Waals surface area contributed by atoms with Crippen molar-refractivity contribution in [3.8, 4) is 17.2 Å². The van der Waals surface area contributed by atoms with E-state index in [9.17, 15) is 24.9 Å². The first kappa shape index (κ1) is 14.2. The molecule has 96 valence electrons. The predicted molar refractivity (Wildman–Crippen MR) is 64.7 cm³/mol. The Labute approximate surface area is 126 Å². The van der Waals surface area contributed by atoms with E-state index >= 15 is 0 Å². The van der Waals surface area contributed by atoms with Gasteiger partial charge in [0.2, 0.25) is 0 Å². The zero-order chi connectivity index (χ0) is 13.7. The summed E-state index contributed by atoms with van der Waals surface area (Å²) < 4.78 is 0. The first-order valence-electron chi connectivity index (χ1n) is 5.48. The van der Waals surface area contributed by atoms with Crippen molar-refractivity contribution >= 4 is 11.6 Å². The Kier molecular flexibility index (Phi) is 3.36. The molecule has 0 unspecified atom stereocenters. The number of rotatable bonds is 0. The second-order valence-corrected chi connectivity index (χ2v) is 4.22. The SMILES string of the molecule is O=C1c2ccccc2C(=O)c2c(O)c(O)cc(O)c21.[Zn]. The molecule has 0 amide bonds. The number of carbonyl (C=O) groups excluding carboxylic acids is 2. The average Bonchev–Trinajstić information content (AvgIpc) is 2.40. The Morgan fingerprint density at radius 2 is 1.25 bits per heavy atom. The second kappa shape index (κ2) is 4.72. The van der Waals surface area contributed by atoms with Gasteiger partial charge in [-0.05, 0) is 0 Å². The smallest absolute Gasteiger partial charge is 0.198 e. The van der Waals surface area contributed by atoms with Gasteiger partial charge in [0.1, 0.15) is 5.75 Å². The number of phenols is 3. The van der Waals surface area contributed by atoms with Crippen molar-refractivity contribution in [3.63, 3.8) is 0 Å². The quantitative estimate of drug-likeness (QED) is 0.332. The molecule has 0 fully saturated rings. The van der Waals surface area contributed by atoms with E-state index < -0.39 is 28.8 Å². The number of ketones is 2. The van der Waals surface area contributed by atoms with Gasteiger partial charge in [-0.15, -0.1) is 0 Å². The summed E-state index contributed by atoms with van der Waals surface area (Å²) in [6.45, 7) is 0. The fourth-order valence-corrected chi connectivity index (χ4v) is 2.24. The maximum Gasteiger partial charge on any atom is 0.198 e. The molecule has 0 saturated heterocycles. The molecule has 0 aromatic heterocycles. The minimum atomic E-state index is -0.694. The summed E-state index contributed by atoms with van der Waals surface area (Å²) in [5.41, 5.74) is -0.333. The molecule has 3 N–H and O–H groups in total. The molecule has 0 bridgehead atoms. The summed E-state index contributed by atoms with van der Waals surface area (Å²) >= 11 is 0. The minimum absolute atomic E-state index is 0. The molecule has 1 aliphatic carbocycles.